The van der Waals surface area contributed by atoms with Gasteiger partial charge >= 0.3 is 0 Å². The Labute approximate surface area is 108 Å². The summed E-state index contributed by atoms with van der Waals surface area (Å²) in [5.74, 6) is 0.648. The summed E-state index contributed by atoms with van der Waals surface area (Å²) in [4.78, 5) is 2.41. The van der Waals surface area contributed by atoms with Gasteiger partial charge in [-0.2, -0.15) is 5.26 Å². The van der Waals surface area contributed by atoms with E-state index >= 15 is 0 Å². The number of hydrogen-bond acceptors (Lipinski definition) is 4. The predicted molar refractivity (Wildman–Crippen MR) is 70.5 cm³/mol. The molecule has 4 heteroatoms. The van der Waals surface area contributed by atoms with Crippen LogP contribution >= 0.6 is 0 Å². The molecular weight excluding hydrogens is 226 g/mol. The summed E-state index contributed by atoms with van der Waals surface area (Å²) >= 11 is 0. The van der Waals surface area contributed by atoms with Gasteiger partial charge in [0.25, 0.3) is 0 Å². The van der Waals surface area contributed by atoms with Crippen LogP contribution in [0.5, 0.6) is 5.75 Å². The molecule has 0 spiro atoms. The smallest absolute Gasteiger partial charge is 0.136 e. The van der Waals surface area contributed by atoms with E-state index in [1.807, 2.05) is 18.2 Å². The summed E-state index contributed by atoms with van der Waals surface area (Å²) in [7, 11) is 1.59. The zero-order chi connectivity index (χ0) is 13.0. The van der Waals surface area contributed by atoms with E-state index in [0.29, 0.717) is 17.4 Å². The van der Waals surface area contributed by atoms with Crippen LogP contribution in [0.1, 0.15) is 18.1 Å². The summed E-state index contributed by atoms with van der Waals surface area (Å²) < 4.78 is 5.15. The highest BCUT2D eigenvalue weighted by molar-refractivity contribution is 5.45. The number of rotatable bonds is 3. The fourth-order valence-corrected chi connectivity index (χ4v) is 2.35. The second-order valence-electron chi connectivity index (χ2n) is 4.74. The van der Waals surface area contributed by atoms with E-state index in [4.69, 9.17) is 10.00 Å². The molecule has 0 aromatic heterocycles. The SMILES string of the molecule is COc1ccc(CN2CCN[C@@H](C)C2)cc1C#N. The molecule has 1 aromatic rings. The highest BCUT2D eigenvalue weighted by atomic mass is 16.5. The Morgan fingerprint density at radius 3 is 3.06 bits per heavy atom. The Kier molecular flexibility index (Phi) is 4.19. The third-order valence-corrected chi connectivity index (χ3v) is 3.24. The van der Waals surface area contributed by atoms with Gasteiger partial charge in [0.15, 0.2) is 0 Å². The average Bonchev–Trinajstić information content (AvgIpc) is 2.38. The monoisotopic (exact) mass is 245 g/mol. The van der Waals surface area contributed by atoms with Crippen LogP contribution < -0.4 is 10.1 Å². The first-order valence-electron chi connectivity index (χ1n) is 6.25. The van der Waals surface area contributed by atoms with Crippen LogP contribution in [0, 0.1) is 11.3 Å². The summed E-state index contributed by atoms with van der Waals surface area (Å²) in [6.45, 7) is 6.22. The molecular formula is C14H19N3O. The average molecular weight is 245 g/mol. The highest BCUT2D eigenvalue weighted by Crippen LogP contribution is 2.20. The van der Waals surface area contributed by atoms with Crippen molar-refractivity contribution in [1.29, 1.82) is 5.26 Å². The Morgan fingerprint density at radius 1 is 1.56 bits per heavy atom. The number of nitrogens with zero attached hydrogens (tertiary/aromatic N) is 2. The topological polar surface area (TPSA) is 48.3 Å². The van der Waals surface area contributed by atoms with Crippen molar-refractivity contribution < 1.29 is 4.74 Å². The highest BCUT2D eigenvalue weighted by Gasteiger charge is 2.16. The lowest BCUT2D eigenvalue weighted by Crippen LogP contribution is -2.48. The molecule has 1 saturated heterocycles. The molecule has 18 heavy (non-hydrogen) atoms. The third-order valence-electron chi connectivity index (χ3n) is 3.24. The Bertz CT molecular complexity index is 453. The molecule has 0 saturated carbocycles. The maximum atomic E-state index is 9.07. The number of piperazine rings is 1. The summed E-state index contributed by atoms with van der Waals surface area (Å²) in [5, 5.41) is 12.5. The maximum absolute atomic E-state index is 9.07. The normalized spacial score (nSPS) is 20.4. The van der Waals surface area contributed by atoms with Gasteiger partial charge in [-0.05, 0) is 24.6 Å². The van der Waals surface area contributed by atoms with Gasteiger partial charge in [0.1, 0.15) is 11.8 Å². The van der Waals surface area contributed by atoms with Crippen LogP contribution in [0.25, 0.3) is 0 Å². The molecule has 1 aliphatic heterocycles. The van der Waals surface area contributed by atoms with Crippen molar-refractivity contribution in [3.8, 4) is 11.8 Å². The zero-order valence-corrected chi connectivity index (χ0v) is 10.9. The van der Waals surface area contributed by atoms with Gasteiger partial charge in [0.2, 0.25) is 0 Å². The first-order valence-corrected chi connectivity index (χ1v) is 6.25. The van der Waals surface area contributed by atoms with Gasteiger partial charge < -0.3 is 10.1 Å². The van der Waals surface area contributed by atoms with Crippen LogP contribution in [0.15, 0.2) is 18.2 Å². The lowest BCUT2D eigenvalue weighted by molar-refractivity contribution is 0.199. The van der Waals surface area contributed by atoms with Crippen LogP contribution in [0.2, 0.25) is 0 Å². The van der Waals surface area contributed by atoms with E-state index in [9.17, 15) is 0 Å². The molecule has 1 aromatic carbocycles. The molecule has 2 rings (SSSR count). The molecule has 1 N–H and O–H groups in total. The number of benzene rings is 1. The maximum Gasteiger partial charge on any atom is 0.136 e. The second kappa shape index (κ2) is 5.85. The third kappa shape index (κ3) is 3.00. The number of ether oxygens (including phenoxy) is 1. The van der Waals surface area contributed by atoms with Crippen LogP contribution in [-0.2, 0) is 6.54 Å². The molecule has 1 aliphatic rings. The largest absolute Gasteiger partial charge is 0.495 e. The Balaban J connectivity index is 2.07. The molecule has 0 radical (unpaired) electrons. The summed E-state index contributed by atoms with van der Waals surface area (Å²) in [6.07, 6.45) is 0. The molecule has 96 valence electrons. The van der Waals surface area contributed by atoms with E-state index in [0.717, 1.165) is 26.2 Å². The van der Waals surface area contributed by atoms with E-state index in [1.165, 1.54) is 5.56 Å². The fraction of sp³-hybridized carbons (Fsp3) is 0.500. The zero-order valence-electron chi connectivity index (χ0n) is 10.9. The van der Waals surface area contributed by atoms with Crippen LogP contribution in [0.4, 0.5) is 0 Å². The molecule has 1 fully saturated rings. The predicted octanol–water partition coefficient (Wildman–Crippen LogP) is 1.36. The Hall–Kier alpha value is -1.57. The molecule has 0 bridgehead atoms. The van der Waals surface area contributed by atoms with Crippen molar-refractivity contribution >= 4 is 0 Å². The van der Waals surface area contributed by atoms with Crippen LogP contribution in [0.3, 0.4) is 0 Å². The van der Waals surface area contributed by atoms with Crippen molar-refractivity contribution in [2.75, 3.05) is 26.7 Å². The first kappa shape index (κ1) is 12.9. The van der Waals surface area contributed by atoms with Gasteiger partial charge in [-0.25, -0.2) is 0 Å². The lowest BCUT2D eigenvalue weighted by Gasteiger charge is -2.31. The van der Waals surface area contributed by atoms with E-state index in [1.54, 1.807) is 7.11 Å². The molecule has 0 aliphatic carbocycles. The molecule has 1 heterocycles. The van der Waals surface area contributed by atoms with Crippen molar-refractivity contribution in [1.82, 2.24) is 10.2 Å². The number of nitriles is 1. The van der Waals surface area contributed by atoms with Crippen molar-refractivity contribution in [3.05, 3.63) is 29.3 Å². The van der Waals surface area contributed by atoms with Crippen LogP contribution in [-0.4, -0.2) is 37.7 Å². The standard InChI is InChI=1S/C14H19N3O/c1-11-9-17(6-5-16-11)10-12-3-4-14(18-2)13(7-12)8-15/h3-4,7,11,16H,5-6,9-10H2,1-2H3/t11-/m0/s1. The number of hydrogen-bond donors (Lipinski definition) is 1. The number of methoxy groups -OCH3 is 1. The number of nitrogens with one attached hydrogen (secondary N) is 1. The quantitative estimate of drug-likeness (QED) is 0.873. The van der Waals surface area contributed by atoms with Gasteiger partial charge in [-0.3, -0.25) is 4.90 Å². The van der Waals surface area contributed by atoms with Gasteiger partial charge in [0, 0.05) is 32.2 Å². The minimum Gasteiger partial charge on any atom is -0.495 e. The molecule has 4 nitrogen and oxygen atoms in total. The second-order valence-corrected chi connectivity index (χ2v) is 4.74. The Morgan fingerprint density at radius 2 is 2.39 bits per heavy atom. The van der Waals surface area contributed by atoms with E-state index in [-0.39, 0.29) is 0 Å². The fourth-order valence-electron chi connectivity index (χ4n) is 2.35. The first-order chi connectivity index (χ1) is 8.72. The van der Waals surface area contributed by atoms with Gasteiger partial charge in [-0.15, -0.1) is 0 Å². The lowest BCUT2D eigenvalue weighted by atomic mass is 10.1. The molecule has 0 amide bonds. The van der Waals surface area contributed by atoms with Gasteiger partial charge in [-0.1, -0.05) is 6.07 Å². The molecule has 1 atom stereocenters. The van der Waals surface area contributed by atoms with Crippen molar-refractivity contribution in [3.63, 3.8) is 0 Å². The minimum absolute atomic E-state index is 0.535. The minimum atomic E-state index is 0.535. The van der Waals surface area contributed by atoms with Crippen molar-refractivity contribution in [2.24, 2.45) is 0 Å². The summed E-state index contributed by atoms with van der Waals surface area (Å²) in [6, 6.07) is 8.54. The summed E-state index contributed by atoms with van der Waals surface area (Å²) in [5.41, 5.74) is 1.78. The molecule has 0 unspecified atom stereocenters. The van der Waals surface area contributed by atoms with E-state index in [2.05, 4.69) is 23.2 Å². The van der Waals surface area contributed by atoms with Crippen molar-refractivity contribution in [2.45, 2.75) is 19.5 Å². The van der Waals surface area contributed by atoms with Gasteiger partial charge in [0.05, 0.1) is 12.7 Å². The van der Waals surface area contributed by atoms with E-state index < -0.39 is 0 Å².